The minimum absolute atomic E-state index is 0.00473. The fraction of sp³-hybridized carbons (Fsp3) is 0.711. The van der Waals surface area contributed by atoms with Crippen molar-refractivity contribution in [3.8, 4) is 5.75 Å². The van der Waals surface area contributed by atoms with Crippen molar-refractivity contribution < 1.29 is 47.8 Å². The van der Waals surface area contributed by atoms with Gasteiger partial charge in [0.15, 0.2) is 17.4 Å². The van der Waals surface area contributed by atoms with Gasteiger partial charge < -0.3 is 43.0 Å². The second kappa shape index (κ2) is 20.3. The number of hydrogen-bond acceptors (Lipinski definition) is 10. The highest BCUT2D eigenvalue weighted by atomic mass is 16.7. The summed E-state index contributed by atoms with van der Waals surface area (Å²) in [7, 11) is 3.28. The van der Waals surface area contributed by atoms with Crippen molar-refractivity contribution in [3.63, 3.8) is 0 Å². The van der Waals surface area contributed by atoms with Crippen LogP contribution in [-0.2, 0) is 51.2 Å². The molecule has 2 saturated heterocycles. The number of carbonyl (C=O) groups excluding carboxylic acids is 1. The second-order valence-corrected chi connectivity index (χ2v) is 17.2. The molecule has 4 rings (SSSR count). The topological polar surface area (TPSA) is 111 Å². The highest BCUT2D eigenvalue weighted by molar-refractivity contribution is 5.83. The van der Waals surface area contributed by atoms with Crippen LogP contribution in [0.2, 0.25) is 0 Å². The monoisotopic (exact) mass is 770 g/mol. The lowest BCUT2D eigenvalue weighted by atomic mass is 9.79. The number of aliphatic hydroxyl groups is 1. The van der Waals surface area contributed by atoms with E-state index in [1.807, 2.05) is 77.1 Å². The highest BCUT2D eigenvalue weighted by Gasteiger charge is 2.48. The third-order valence-corrected chi connectivity index (χ3v) is 11.5. The molecule has 0 bridgehead atoms. The first kappa shape index (κ1) is 45.3. The average molecular weight is 771 g/mol. The maximum Gasteiger partial charge on any atom is 0.163 e. The summed E-state index contributed by atoms with van der Waals surface area (Å²) in [6.07, 6.45) is -2.00. The zero-order chi connectivity index (χ0) is 40.5. The molecule has 0 radical (unpaired) electrons. The molecule has 310 valence electrons. The Bertz CT molecular complexity index is 1430. The maximum absolute atomic E-state index is 13.7. The summed E-state index contributed by atoms with van der Waals surface area (Å²) < 4.78 is 49.4. The summed E-state index contributed by atoms with van der Waals surface area (Å²) in [5, 5.41) is 11.3. The predicted molar refractivity (Wildman–Crippen MR) is 212 cm³/mol. The first-order chi connectivity index (χ1) is 25.9. The van der Waals surface area contributed by atoms with Gasteiger partial charge in [0.2, 0.25) is 0 Å². The van der Waals surface area contributed by atoms with Gasteiger partial charge in [0.1, 0.15) is 11.9 Å². The van der Waals surface area contributed by atoms with Gasteiger partial charge in [0.05, 0.1) is 64.1 Å². The van der Waals surface area contributed by atoms with Crippen LogP contribution in [0.15, 0.2) is 54.6 Å². The van der Waals surface area contributed by atoms with Gasteiger partial charge in [-0.15, -0.1) is 0 Å². The SMILES string of the molecule is COc1ccc(COC[C@H](C)[C@@H]2OC(C)(C)O[C@@H]([C@H](C)[C@@H](CC(=O)[C@@H](O)C[C@H](C)[C@@H]3OC(C)(C)O[C@@H]([C@@H](C)COCc4ccccc4)[C@@H]3C)OC)[C@@H]2C)cc1. The van der Waals surface area contributed by atoms with E-state index < -0.39 is 23.8 Å². The van der Waals surface area contributed by atoms with Crippen molar-refractivity contribution in [3.05, 3.63) is 65.7 Å². The summed E-state index contributed by atoms with van der Waals surface area (Å²) in [4.78, 5) is 13.7. The summed E-state index contributed by atoms with van der Waals surface area (Å²) in [5.41, 5.74) is 2.20. The zero-order valence-electron chi connectivity index (χ0n) is 35.5. The third kappa shape index (κ3) is 12.8. The van der Waals surface area contributed by atoms with Crippen LogP contribution in [0, 0.1) is 35.5 Å². The molecule has 0 spiro atoms. The number of benzene rings is 2. The van der Waals surface area contributed by atoms with Crippen molar-refractivity contribution in [1.82, 2.24) is 0 Å². The quantitative estimate of drug-likeness (QED) is 0.142. The Kier molecular flexibility index (Phi) is 16.7. The number of rotatable bonds is 20. The molecule has 0 saturated carbocycles. The van der Waals surface area contributed by atoms with Crippen molar-refractivity contribution >= 4 is 5.78 Å². The Labute approximate surface area is 330 Å². The molecule has 2 aliphatic heterocycles. The van der Waals surface area contributed by atoms with Gasteiger partial charge in [0, 0.05) is 43.1 Å². The minimum atomic E-state index is -1.16. The second-order valence-electron chi connectivity index (χ2n) is 17.2. The van der Waals surface area contributed by atoms with Crippen LogP contribution in [0.25, 0.3) is 0 Å². The third-order valence-electron chi connectivity index (χ3n) is 11.5. The Morgan fingerprint density at radius 3 is 1.64 bits per heavy atom. The van der Waals surface area contributed by atoms with E-state index in [0.29, 0.717) is 26.4 Å². The van der Waals surface area contributed by atoms with Gasteiger partial charge in [-0.3, -0.25) is 4.79 Å². The minimum Gasteiger partial charge on any atom is -0.497 e. The molecule has 2 aromatic rings. The lowest BCUT2D eigenvalue weighted by Gasteiger charge is -2.49. The number of methoxy groups -OCH3 is 2. The average Bonchev–Trinajstić information content (AvgIpc) is 3.15. The van der Waals surface area contributed by atoms with E-state index >= 15 is 0 Å². The highest BCUT2D eigenvalue weighted by Crippen LogP contribution is 2.41. The number of ether oxygens (including phenoxy) is 8. The van der Waals surface area contributed by atoms with Crippen LogP contribution < -0.4 is 4.74 Å². The summed E-state index contributed by atoms with van der Waals surface area (Å²) in [6.45, 7) is 22.5. The molecule has 0 amide bonds. The first-order valence-corrected chi connectivity index (χ1v) is 20.2. The van der Waals surface area contributed by atoms with Gasteiger partial charge in [-0.2, -0.15) is 0 Å². The Morgan fingerprint density at radius 2 is 1.15 bits per heavy atom. The van der Waals surface area contributed by atoms with E-state index in [1.165, 1.54) is 0 Å². The van der Waals surface area contributed by atoms with Crippen LogP contribution >= 0.6 is 0 Å². The van der Waals surface area contributed by atoms with Gasteiger partial charge in [-0.05, 0) is 63.3 Å². The van der Waals surface area contributed by atoms with Crippen molar-refractivity contribution in [2.24, 2.45) is 35.5 Å². The van der Waals surface area contributed by atoms with Gasteiger partial charge >= 0.3 is 0 Å². The summed E-state index contributed by atoms with van der Waals surface area (Å²) in [5.74, 6) is -1.14. The predicted octanol–water partition coefficient (Wildman–Crippen LogP) is 8.01. The fourth-order valence-corrected chi connectivity index (χ4v) is 8.52. The molecule has 0 aliphatic carbocycles. The molecule has 55 heavy (non-hydrogen) atoms. The lowest BCUT2D eigenvalue weighted by molar-refractivity contribution is -0.339. The van der Waals surface area contributed by atoms with Crippen LogP contribution in [0.3, 0.4) is 0 Å². The van der Waals surface area contributed by atoms with E-state index in [-0.39, 0.29) is 78.5 Å². The molecule has 2 aromatic carbocycles. The Morgan fingerprint density at radius 1 is 0.691 bits per heavy atom. The van der Waals surface area contributed by atoms with Gasteiger partial charge in [-0.1, -0.05) is 84.0 Å². The molecule has 12 atom stereocenters. The molecule has 0 unspecified atom stereocenters. The zero-order valence-corrected chi connectivity index (χ0v) is 35.5. The van der Waals surface area contributed by atoms with Crippen LogP contribution in [0.1, 0.15) is 93.2 Å². The van der Waals surface area contributed by atoms with E-state index in [9.17, 15) is 9.90 Å². The number of aliphatic hydroxyl groups excluding tert-OH is 1. The summed E-state index contributed by atoms with van der Waals surface area (Å²) in [6, 6.07) is 18.0. The molecular formula is C45H70O10. The molecule has 2 aliphatic rings. The number of Topliss-reactive ketones (excluding diaryl/α,β-unsaturated/α-hetero) is 1. The first-order valence-electron chi connectivity index (χ1n) is 20.2. The van der Waals surface area contributed by atoms with Crippen LogP contribution in [-0.4, -0.2) is 86.5 Å². The van der Waals surface area contributed by atoms with Crippen LogP contribution in [0.5, 0.6) is 5.75 Å². The lowest BCUT2D eigenvalue weighted by Crippen LogP contribution is -2.56. The molecule has 10 heteroatoms. The Balaban J connectivity index is 1.32. The smallest absolute Gasteiger partial charge is 0.163 e. The molecular weight excluding hydrogens is 700 g/mol. The molecule has 10 nitrogen and oxygen atoms in total. The van der Waals surface area contributed by atoms with Crippen LogP contribution in [0.4, 0.5) is 0 Å². The van der Waals surface area contributed by atoms with Crippen molar-refractivity contribution in [2.75, 3.05) is 27.4 Å². The molecule has 2 fully saturated rings. The van der Waals surface area contributed by atoms with E-state index in [1.54, 1.807) is 14.2 Å². The maximum atomic E-state index is 13.7. The Hall–Kier alpha value is -2.41. The molecule has 1 N–H and O–H groups in total. The van der Waals surface area contributed by atoms with E-state index in [2.05, 4.69) is 46.8 Å². The summed E-state index contributed by atoms with van der Waals surface area (Å²) >= 11 is 0. The number of carbonyl (C=O) groups is 1. The fourth-order valence-electron chi connectivity index (χ4n) is 8.52. The van der Waals surface area contributed by atoms with Crippen molar-refractivity contribution in [2.45, 2.75) is 143 Å². The standard InChI is InChI=1S/C45H70O10/c1-28(40-32(5)41(53-44(7,8)52-40)29(2)24-50-26-34-16-14-13-15-17-34)22-37(46)38(47)23-39(49-12)31(4)43-33(6)42(54-45(9,10)55-43)30(3)25-51-27-35-18-20-36(48-11)21-19-35/h13-21,28-33,37,39-43,46H,22-27H2,1-12H3/t28-,29-,30-,31+,32+,33+,37-,39+,40-,41-,42-,43-/m0/s1. The van der Waals surface area contributed by atoms with Gasteiger partial charge in [-0.25, -0.2) is 0 Å². The van der Waals surface area contributed by atoms with Crippen molar-refractivity contribution in [1.29, 1.82) is 0 Å². The van der Waals surface area contributed by atoms with E-state index in [0.717, 1.165) is 16.9 Å². The van der Waals surface area contributed by atoms with E-state index in [4.69, 9.17) is 37.9 Å². The number of ketones is 1. The normalized spacial score (nSPS) is 28.4. The molecule has 0 aromatic heterocycles. The largest absolute Gasteiger partial charge is 0.497 e. The molecule has 2 heterocycles. The number of hydrogen-bond donors (Lipinski definition) is 1. The van der Waals surface area contributed by atoms with Gasteiger partial charge in [0.25, 0.3) is 0 Å².